The van der Waals surface area contributed by atoms with E-state index in [-0.39, 0.29) is 0 Å². The predicted molar refractivity (Wildman–Crippen MR) is 74.9 cm³/mol. The van der Waals surface area contributed by atoms with Gasteiger partial charge in [-0.15, -0.1) is 0 Å². The second-order valence-corrected chi connectivity index (χ2v) is 6.64. The highest BCUT2D eigenvalue weighted by molar-refractivity contribution is 7.86. The molecular formula is C13H21N3O2S. The number of likely N-dealkylation sites (N-methyl/N-ethyl adjacent to an activating group) is 1. The van der Waals surface area contributed by atoms with E-state index in [4.69, 9.17) is 0 Å². The molecule has 6 heteroatoms. The van der Waals surface area contributed by atoms with Crippen LogP contribution >= 0.6 is 0 Å². The first-order valence-electron chi connectivity index (χ1n) is 6.78. The zero-order chi connectivity index (χ0) is 13.7. The van der Waals surface area contributed by atoms with Gasteiger partial charge in [0.2, 0.25) is 0 Å². The van der Waals surface area contributed by atoms with E-state index >= 15 is 0 Å². The lowest BCUT2D eigenvalue weighted by atomic mass is 10.2. The van der Waals surface area contributed by atoms with E-state index < -0.39 is 10.2 Å². The minimum atomic E-state index is -3.27. The highest BCUT2D eigenvalue weighted by Gasteiger charge is 2.30. The van der Waals surface area contributed by atoms with Crippen molar-refractivity contribution >= 4 is 10.2 Å². The molecule has 0 N–H and O–H groups in total. The normalized spacial score (nSPS) is 17.2. The van der Waals surface area contributed by atoms with Crippen LogP contribution in [0.4, 0.5) is 0 Å². The van der Waals surface area contributed by atoms with E-state index in [9.17, 15) is 8.42 Å². The summed E-state index contributed by atoms with van der Waals surface area (Å²) < 4.78 is 28.0. The second-order valence-electron chi connectivity index (χ2n) is 4.71. The Morgan fingerprint density at radius 3 is 2.47 bits per heavy atom. The average Bonchev–Trinajstić information content (AvgIpc) is 2.95. The van der Waals surface area contributed by atoms with Crippen molar-refractivity contribution in [1.82, 2.24) is 13.6 Å². The van der Waals surface area contributed by atoms with E-state index in [0.29, 0.717) is 26.2 Å². The van der Waals surface area contributed by atoms with Gasteiger partial charge in [0, 0.05) is 38.6 Å². The van der Waals surface area contributed by atoms with E-state index in [2.05, 4.69) is 4.98 Å². The summed E-state index contributed by atoms with van der Waals surface area (Å²) in [6, 6.07) is 3.85. The van der Waals surface area contributed by atoms with E-state index in [1.807, 2.05) is 19.1 Å². The Bertz CT molecular complexity index is 484. The lowest BCUT2D eigenvalue weighted by molar-refractivity contribution is 0.371. The van der Waals surface area contributed by atoms with Crippen molar-refractivity contribution in [2.75, 3.05) is 26.2 Å². The van der Waals surface area contributed by atoms with Gasteiger partial charge in [-0.2, -0.15) is 17.0 Å². The van der Waals surface area contributed by atoms with Gasteiger partial charge in [0.05, 0.1) is 0 Å². The molecule has 1 fully saturated rings. The molecule has 5 nitrogen and oxygen atoms in total. The molecule has 1 aromatic heterocycles. The molecule has 0 spiro atoms. The van der Waals surface area contributed by atoms with Crippen LogP contribution in [-0.2, 0) is 16.6 Å². The second kappa shape index (κ2) is 6.45. The maximum atomic E-state index is 12.4. The Morgan fingerprint density at radius 1 is 1.26 bits per heavy atom. The summed E-state index contributed by atoms with van der Waals surface area (Å²) in [5.41, 5.74) is 1.12. The average molecular weight is 283 g/mol. The number of hydrogen-bond acceptors (Lipinski definition) is 3. The maximum absolute atomic E-state index is 12.4. The number of rotatable bonds is 6. The Kier molecular flexibility index (Phi) is 4.90. The fraction of sp³-hybridized carbons (Fsp3) is 0.615. The fourth-order valence-corrected chi connectivity index (χ4v) is 4.02. The first-order chi connectivity index (χ1) is 9.14. The third-order valence-electron chi connectivity index (χ3n) is 3.47. The van der Waals surface area contributed by atoms with Gasteiger partial charge in [-0.3, -0.25) is 4.98 Å². The number of hydrogen-bond donors (Lipinski definition) is 0. The molecular weight excluding hydrogens is 262 g/mol. The standard InChI is InChI=1S/C13H21N3O2S/c1-2-15(12-7-13-5-8-14-9-6-13)19(17,18)16-10-3-4-11-16/h5-6,8-9H,2-4,7,10-12H2,1H3. The monoisotopic (exact) mass is 283 g/mol. The van der Waals surface area contributed by atoms with Crippen LogP contribution in [0.15, 0.2) is 24.5 Å². The van der Waals surface area contributed by atoms with Crippen LogP contribution in [0.3, 0.4) is 0 Å². The van der Waals surface area contributed by atoms with Crippen molar-refractivity contribution in [2.24, 2.45) is 0 Å². The van der Waals surface area contributed by atoms with Crippen molar-refractivity contribution in [1.29, 1.82) is 0 Å². The Balaban J connectivity index is 1.99. The smallest absolute Gasteiger partial charge is 0.265 e. The van der Waals surface area contributed by atoms with Crippen LogP contribution in [0.2, 0.25) is 0 Å². The molecule has 1 aromatic rings. The number of pyridine rings is 1. The highest BCUT2D eigenvalue weighted by atomic mass is 32.2. The summed E-state index contributed by atoms with van der Waals surface area (Å²) in [7, 11) is -3.27. The molecule has 0 unspecified atom stereocenters. The summed E-state index contributed by atoms with van der Waals surface area (Å²) in [4.78, 5) is 3.96. The molecule has 0 amide bonds. The summed E-state index contributed by atoms with van der Waals surface area (Å²) in [6.45, 7) is 4.26. The van der Waals surface area contributed by atoms with E-state index in [0.717, 1.165) is 24.8 Å². The predicted octanol–water partition coefficient (Wildman–Crippen LogP) is 1.29. The van der Waals surface area contributed by atoms with Gasteiger partial charge in [0.15, 0.2) is 0 Å². The topological polar surface area (TPSA) is 53.5 Å². The van der Waals surface area contributed by atoms with E-state index in [1.54, 1.807) is 21.0 Å². The molecule has 0 atom stereocenters. The zero-order valence-electron chi connectivity index (χ0n) is 11.3. The molecule has 1 saturated heterocycles. The quantitative estimate of drug-likeness (QED) is 0.790. The molecule has 0 bridgehead atoms. The molecule has 106 valence electrons. The van der Waals surface area contributed by atoms with Gasteiger partial charge in [-0.1, -0.05) is 6.92 Å². The van der Waals surface area contributed by atoms with Gasteiger partial charge < -0.3 is 0 Å². The van der Waals surface area contributed by atoms with Crippen molar-refractivity contribution in [3.8, 4) is 0 Å². The van der Waals surface area contributed by atoms with E-state index in [1.165, 1.54) is 0 Å². The highest BCUT2D eigenvalue weighted by Crippen LogP contribution is 2.16. The summed E-state index contributed by atoms with van der Waals surface area (Å²) in [5.74, 6) is 0. The molecule has 2 rings (SSSR count). The van der Waals surface area contributed by atoms with Crippen LogP contribution in [0.25, 0.3) is 0 Å². The molecule has 0 aliphatic carbocycles. The molecule has 2 heterocycles. The minimum Gasteiger partial charge on any atom is -0.265 e. The molecule has 1 aliphatic rings. The van der Waals surface area contributed by atoms with Crippen LogP contribution in [-0.4, -0.2) is 48.2 Å². The largest absolute Gasteiger partial charge is 0.281 e. The molecule has 1 aliphatic heterocycles. The number of aromatic nitrogens is 1. The fourth-order valence-electron chi connectivity index (χ4n) is 2.32. The van der Waals surface area contributed by atoms with Gasteiger partial charge in [0.25, 0.3) is 10.2 Å². The van der Waals surface area contributed by atoms with Gasteiger partial charge >= 0.3 is 0 Å². The van der Waals surface area contributed by atoms with Crippen molar-refractivity contribution < 1.29 is 8.42 Å². The van der Waals surface area contributed by atoms with Crippen LogP contribution in [0, 0.1) is 0 Å². The SMILES string of the molecule is CCN(CCc1ccncc1)S(=O)(=O)N1CCCC1. The molecule has 0 radical (unpaired) electrons. The van der Waals surface area contributed by atoms with Gasteiger partial charge in [-0.25, -0.2) is 0 Å². The first kappa shape index (κ1) is 14.4. The molecule has 0 saturated carbocycles. The third kappa shape index (κ3) is 3.52. The maximum Gasteiger partial charge on any atom is 0.281 e. The zero-order valence-corrected chi connectivity index (χ0v) is 12.1. The van der Waals surface area contributed by atoms with Gasteiger partial charge in [-0.05, 0) is 37.0 Å². The van der Waals surface area contributed by atoms with Crippen molar-refractivity contribution in [2.45, 2.75) is 26.2 Å². The van der Waals surface area contributed by atoms with Crippen LogP contribution in [0.1, 0.15) is 25.3 Å². The van der Waals surface area contributed by atoms with Crippen molar-refractivity contribution in [3.05, 3.63) is 30.1 Å². The lowest BCUT2D eigenvalue weighted by Crippen LogP contribution is -2.43. The lowest BCUT2D eigenvalue weighted by Gasteiger charge is -2.26. The summed E-state index contributed by atoms with van der Waals surface area (Å²) in [5, 5.41) is 0. The summed E-state index contributed by atoms with van der Waals surface area (Å²) in [6.07, 6.45) is 6.15. The van der Waals surface area contributed by atoms with Gasteiger partial charge in [0.1, 0.15) is 0 Å². The van der Waals surface area contributed by atoms with Crippen LogP contribution < -0.4 is 0 Å². The molecule has 19 heavy (non-hydrogen) atoms. The first-order valence-corrected chi connectivity index (χ1v) is 8.18. The third-order valence-corrected chi connectivity index (χ3v) is 5.58. The van der Waals surface area contributed by atoms with Crippen LogP contribution in [0.5, 0.6) is 0 Å². The minimum absolute atomic E-state index is 0.518. The Hall–Kier alpha value is -0.980. The van der Waals surface area contributed by atoms with Crippen molar-refractivity contribution in [3.63, 3.8) is 0 Å². The summed E-state index contributed by atoms with van der Waals surface area (Å²) >= 11 is 0. The molecule has 0 aromatic carbocycles. The Morgan fingerprint density at radius 2 is 1.89 bits per heavy atom. The Labute approximate surface area is 115 Å². The number of nitrogens with zero attached hydrogens (tertiary/aromatic N) is 3.